The lowest BCUT2D eigenvalue weighted by molar-refractivity contribution is -0.118. The molecule has 1 amide bonds. The zero-order chi connectivity index (χ0) is 28.5. The van der Waals surface area contributed by atoms with Crippen LogP contribution in [-0.2, 0) is 4.79 Å². The number of hydrogen-bond donors (Lipinski definition) is 0. The van der Waals surface area contributed by atoms with Crippen molar-refractivity contribution in [2.45, 2.75) is 29.4 Å². The number of carbonyl (C=O) groups excluding carboxylic acids is 1. The standard InChI is InChI=1S/C31H38N2O6S.ClH/c1-32(21-39-26-18-17-25(35-3)28(36-4)29(26)37-5)19-9-6-10-20-38-23-15-13-22(14-16-23)30-31(34)33(2)24-11-7-8-12-27(24)40-30;/h7-8,11-18,30H,6,9-10,19-21H2,1-5H3;1H. The van der Waals surface area contributed by atoms with Gasteiger partial charge in [-0.3, -0.25) is 9.69 Å². The van der Waals surface area contributed by atoms with E-state index in [1.54, 1.807) is 44.1 Å². The number of unbranched alkanes of at least 4 members (excludes halogenated alkanes) is 2. The molecule has 0 saturated heterocycles. The molecule has 1 aliphatic heterocycles. The Kier molecular flexibility index (Phi) is 12.3. The molecule has 0 bridgehead atoms. The van der Waals surface area contributed by atoms with Crippen molar-refractivity contribution in [2.75, 3.05) is 60.2 Å². The fraction of sp³-hybridized carbons (Fsp3) is 0.387. The largest absolute Gasteiger partial charge is 0.494 e. The molecule has 0 saturated carbocycles. The summed E-state index contributed by atoms with van der Waals surface area (Å²) in [6.07, 6.45) is 3.03. The van der Waals surface area contributed by atoms with E-state index in [1.807, 2.05) is 62.6 Å². The molecule has 0 aromatic heterocycles. The van der Waals surface area contributed by atoms with E-state index in [-0.39, 0.29) is 23.6 Å². The summed E-state index contributed by atoms with van der Waals surface area (Å²) >= 11 is 1.60. The fourth-order valence-electron chi connectivity index (χ4n) is 4.54. The summed E-state index contributed by atoms with van der Waals surface area (Å²) in [5, 5.41) is -0.247. The highest BCUT2D eigenvalue weighted by molar-refractivity contribution is 8.00. The maximum atomic E-state index is 12.9. The minimum Gasteiger partial charge on any atom is -0.494 e. The number of carbonyl (C=O) groups is 1. The molecule has 1 heterocycles. The summed E-state index contributed by atoms with van der Waals surface area (Å²) in [4.78, 5) is 17.9. The monoisotopic (exact) mass is 602 g/mol. The van der Waals surface area contributed by atoms with Gasteiger partial charge in [0.15, 0.2) is 11.5 Å². The molecule has 0 fully saturated rings. The Morgan fingerprint density at radius 1 is 0.829 bits per heavy atom. The van der Waals surface area contributed by atoms with Gasteiger partial charge in [-0.2, -0.15) is 0 Å². The molecule has 0 spiro atoms. The molecule has 1 unspecified atom stereocenters. The lowest BCUT2D eigenvalue weighted by atomic mass is 10.1. The number of likely N-dealkylation sites (N-methyl/N-ethyl adjacent to an activating group) is 1. The average Bonchev–Trinajstić information content (AvgIpc) is 2.99. The molecule has 1 atom stereocenters. The molecular formula is C31H39ClN2O6S. The Morgan fingerprint density at radius 3 is 2.22 bits per heavy atom. The number of halogens is 1. The topological polar surface area (TPSA) is 69.7 Å². The second-order valence-electron chi connectivity index (χ2n) is 9.53. The van der Waals surface area contributed by atoms with E-state index in [9.17, 15) is 4.79 Å². The van der Waals surface area contributed by atoms with Crippen LogP contribution in [0.2, 0.25) is 0 Å². The van der Waals surface area contributed by atoms with Gasteiger partial charge in [0.2, 0.25) is 17.4 Å². The number of benzene rings is 3. The smallest absolute Gasteiger partial charge is 0.244 e. The minimum absolute atomic E-state index is 0. The van der Waals surface area contributed by atoms with Crippen molar-refractivity contribution in [1.29, 1.82) is 0 Å². The summed E-state index contributed by atoms with van der Waals surface area (Å²) in [5.74, 6) is 3.14. The van der Waals surface area contributed by atoms with Crippen molar-refractivity contribution in [3.63, 3.8) is 0 Å². The van der Waals surface area contributed by atoms with E-state index in [0.29, 0.717) is 36.3 Å². The van der Waals surface area contributed by atoms with Crippen LogP contribution < -0.4 is 28.6 Å². The highest BCUT2D eigenvalue weighted by Crippen LogP contribution is 2.46. The Labute approximate surface area is 253 Å². The van der Waals surface area contributed by atoms with Gasteiger partial charge in [-0.05, 0) is 68.3 Å². The molecule has 41 heavy (non-hydrogen) atoms. The van der Waals surface area contributed by atoms with Gasteiger partial charge in [-0.25, -0.2) is 0 Å². The Hall–Kier alpha value is -3.27. The van der Waals surface area contributed by atoms with Crippen molar-refractivity contribution in [3.8, 4) is 28.7 Å². The van der Waals surface area contributed by atoms with E-state index in [4.69, 9.17) is 23.7 Å². The van der Waals surface area contributed by atoms with Crippen LogP contribution in [0, 0.1) is 0 Å². The van der Waals surface area contributed by atoms with Gasteiger partial charge in [0.25, 0.3) is 0 Å². The molecule has 0 N–H and O–H groups in total. The first-order valence-corrected chi connectivity index (χ1v) is 14.2. The van der Waals surface area contributed by atoms with Gasteiger partial charge in [0.1, 0.15) is 17.7 Å². The molecule has 3 aromatic rings. The number of hydrogen-bond acceptors (Lipinski definition) is 8. The van der Waals surface area contributed by atoms with Gasteiger partial charge in [0, 0.05) is 18.5 Å². The SMILES string of the molecule is COc1ccc(OCN(C)CCCCCOc2ccc(C3Sc4ccccc4N(C)C3=O)cc2)c(OC)c1OC.Cl. The summed E-state index contributed by atoms with van der Waals surface area (Å²) in [5.41, 5.74) is 1.95. The first-order valence-electron chi connectivity index (χ1n) is 13.3. The average molecular weight is 603 g/mol. The van der Waals surface area contributed by atoms with Crippen LogP contribution >= 0.6 is 24.2 Å². The molecule has 0 radical (unpaired) electrons. The first kappa shape index (κ1) is 32.2. The summed E-state index contributed by atoms with van der Waals surface area (Å²) in [6.45, 7) is 1.97. The van der Waals surface area contributed by atoms with Crippen LogP contribution in [-0.4, -0.2) is 66.1 Å². The van der Waals surface area contributed by atoms with Crippen LogP contribution in [0.15, 0.2) is 65.6 Å². The highest BCUT2D eigenvalue weighted by atomic mass is 35.5. The maximum absolute atomic E-state index is 12.9. The minimum atomic E-state index is -0.247. The number of fused-ring (bicyclic) bond motifs is 1. The Balaban J connectivity index is 0.00000462. The Morgan fingerprint density at radius 2 is 1.51 bits per heavy atom. The zero-order valence-electron chi connectivity index (χ0n) is 24.3. The van der Waals surface area contributed by atoms with Crippen LogP contribution in [0.25, 0.3) is 0 Å². The van der Waals surface area contributed by atoms with Gasteiger partial charge in [-0.15, -0.1) is 24.2 Å². The number of rotatable bonds is 14. The van der Waals surface area contributed by atoms with Gasteiger partial charge < -0.3 is 28.6 Å². The number of ether oxygens (including phenoxy) is 5. The molecule has 8 nitrogen and oxygen atoms in total. The predicted octanol–water partition coefficient (Wildman–Crippen LogP) is 6.46. The van der Waals surface area contributed by atoms with E-state index >= 15 is 0 Å². The van der Waals surface area contributed by atoms with Crippen molar-refractivity contribution < 1.29 is 28.5 Å². The number of anilines is 1. The van der Waals surface area contributed by atoms with E-state index < -0.39 is 0 Å². The molecular weight excluding hydrogens is 564 g/mol. The molecule has 10 heteroatoms. The van der Waals surface area contributed by atoms with Crippen molar-refractivity contribution >= 4 is 35.8 Å². The van der Waals surface area contributed by atoms with Crippen LogP contribution in [0.1, 0.15) is 30.1 Å². The zero-order valence-corrected chi connectivity index (χ0v) is 25.9. The van der Waals surface area contributed by atoms with Crippen molar-refractivity contribution in [2.24, 2.45) is 0 Å². The highest BCUT2D eigenvalue weighted by Gasteiger charge is 2.32. The number of amides is 1. The lowest BCUT2D eigenvalue weighted by Crippen LogP contribution is -2.33. The van der Waals surface area contributed by atoms with Crippen molar-refractivity contribution in [1.82, 2.24) is 4.90 Å². The normalized spacial score (nSPS) is 14.2. The molecule has 0 aliphatic carbocycles. The van der Waals surface area contributed by atoms with Crippen LogP contribution in [0.5, 0.6) is 28.7 Å². The van der Waals surface area contributed by atoms with Crippen LogP contribution in [0.4, 0.5) is 5.69 Å². The third-order valence-corrected chi connectivity index (χ3v) is 8.08. The Bertz CT molecular complexity index is 1280. The summed E-state index contributed by atoms with van der Waals surface area (Å²) in [7, 11) is 8.61. The van der Waals surface area contributed by atoms with Crippen molar-refractivity contribution in [3.05, 3.63) is 66.2 Å². The quantitative estimate of drug-likeness (QED) is 0.154. The number of methoxy groups -OCH3 is 3. The van der Waals surface area contributed by atoms with E-state index in [2.05, 4.69) is 11.0 Å². The molecule has 3 aromatic carbocycles. The van der Waals surface area contributed by atoms with Gasteiger partial charge in [0.05, 0.1) is 33.6 Å². The molecule has 4 rings (SSSR count). The fourth-order valence-corrected chi connectivity index (χ4v) is 5.83. The van der Waals surface area contributed by atoms with E-state index in [0.717, 1.165) is 47.7 Å². The summed E-state index contributed by atoms with van der Waals surface area (Å²) < 4.78 is 28.2. The third kappa shape index (κ3) is 7.93. The third-order valence-electron chi connectivity index (χ3n) is 6.77. The van der Waals surface area contributed by atoms with Crippen LogP contribution in [0.3, 0.4) is 0 Å². The predicted molar refractivity (Wildman–Crippen MR) is 166 cm³/mol. The molecule has 1 aliphatic rings. The second kappa shape index (κ2) is 15.7. The van der Waals surface area contributed by atoms with E-state index in [1.165, 1.54) is 0 Å². The van der Waals surface area contributed by atoms with Gasteiger partial charge >= 0.3 is 0 Å². The number of para-hydroxylation sites is 1. The first-order chi connectivity index (χ1) is 19.5. The maximum Gasteiger partial charge on any atom is 0.244 e. The molecule has 222 valence electrons. The summed E-state index contributed by atoms with van der Waals surface area (Å²) in [6, 6.07) is 19.5. The van der Waals surface area contributed by atoms with Gasteiger partial charge in [-0.1, -0.05) is 24.3 Å². The second-order valence-corrected chi connectivity index (χ2v) is 10.7. The number of nitrogens with zero attached hydrogens (tertiary/aromatic N) is 2. The lowest BCUT2D eigenvalue weighted by Gasteiger charge is -2.31. The number of thioether (sulfide) groups is 1.